The number of para-hydroxylation sites is 1. The fourth-order valence-electron chi connectivity index (χ4n) is 1.98. The summed E-state index contributed by atoms with van der Waals surface area (Å²) in [5, 5.41) is 19.0. The van der Waals surface area contributed by atoms with Crippen molar-refractivity contribution < 1.29 is 14.7 Å². The minimum atomic E-state index is -1.12. The molecule has 0 aliphatic rings. The highest BCUT2D eigenvalue weighted by molar-refractivity contribution is 6.06. The maximum absolute atomic E-state index is 12.3. The monoisotopic (exact) mass is 309 g/mol. The number of hydrogen-bond acceptors (Lipinski definition) is 5. The predicted octanol–water partition coefficient (Wildman–Crippen LogP) is 1.61. The van der Waals surface area contributed by atoms with Crippen LogP contribution in [-0.4, -0.2) is 36.7 Å². The van der Waals surface area contributed by atoms with E-state index in [1.165, 1.54) is 30.9 Å². The van der Waals surface area contributed by atoms with Crippen LogP contribution in [0.1, 0.15) is 20.8 Å². The van der Waals surface area contributed by atoms with E-state index >= 15 is 0 Å². The van der Waals surface area contributed by atoms with E-state index in [0.717, 1.165) is 0 Å². The van der Waals surface area contributed by atoms with Crippen molar-refractivity contribution in [2.45, 2.75) is 0 Å². The van der Waals surface area contributed by atoms with Gasteiger partial charge in [-0.2, -0.15) is 0 Å². The van der Waals surface area contributed by atoms with Crippen LogP contribution in [-0.2, 0) is 0 Å². The zero-order chi connectivity index (χ0) is 16.2. The molecule has 0 aliphatic carbocycles. The summed E-state index contributed by atoms with van der Waals surface area (Å²) in [6.45, 7) is 0. The lowest BCUT2D eigenvalue weighted by Gasteiger charge is -2.08. The third-order valence-electron chi connectivity index (χ3n) is 3.06. The smallest absolute Gasteiger partial charge is 0.337 e. The number of amides is 1. The zero-order valence-corrected chi connectivity index (χ0v) is 11.7. The first-order chi connectivity index (χ1) is 11.1. The number of carbonyl (C=O) groups is 2. The molecule has 1 aromatic carbocycles. The zero-order valence-electron chi connectivity index (χ0n) is 11.7. The number of pyridine rings is 1. The summed E-state index contributed by atoms with van der Waals surface area (Å²) in [5.74, 6) is -1.14. The van der Waals surface area contributed by atoms with Crippen LogP contribution in [0.3, 0.4) is 0 Å². The van der Waals surface area contributed by atoms with Crippen molar-refractivity contribution in [2.24, 2.45) is 0 Å². The van der Waals surface area contributed by atoms with E-state index in [-0.39, 0.29) is 16.9 Å². The second-order valence-corrected chi connectivity index (χ2v) is 4.56. The number of nitrogens with zero attached hydrogens (tertiary/aromatic N) is 4. The van der Waals surface area contributed by atoms with E-state index in [1.54, 1.807) is 28.8 Å². The van der Waals surface area contributed by atoms with Crippen molar-refractivity contribution in [3.63, 3.8) is 0 Å². The fourth-order valence-corrected chi connectivity index (χ4v) is 1.98. The number of rotatable bonds is 4. The maximum atomic E-state index is 12.3. The summed E-state index contributed by atoms with van der Waals surface area (Å²) in [4.78, 5) is 27.7. The van der Waals surface area contributed by atoms with Crippen LogP contribution < -0.4 is 5.32 Å². The van der Waals surface area contributed by atoms with E-state index in [1.807, 2.05) is 0 Å². The van der Waals surface area contributed by atoms with E-state index in [0.29, 0.717) is 5.82 Å². The molecule has 0 aliphatic heterocycles. The molecule has 3 aromatic rings. The van der Waals surface area contributed by atoms with E-state index < -0.39 is 11.9 Å². The minimum absolute atomic E-state index is 0.0100. The van der Waals surface area contributed by atoms with Gasteiger partial charge in [-0.1, -0.05) is 18.2 Å². The Morgan fingerprint density at radius 3 is 2.48 bits per heavy atom. The molecule has 0 unspecified atom stereocenters. The molecule has 0 fully saturated rings. The highest BCUT2D eigenvalue weighted by Crippen LogP contribution is 2.16. The molecule has 23 heavy (non-hydrogen) atoms. The Balaban J connectivity index is 1.87. The van der Waals surface area contributed by atoms with E-state index in [2.05, 4.69) is 20.5 Å². The van der Waals surface area contributed by atoms with Crippen molar-refractivity contribution in [2.75, 3.05) is 5.32 Å². The molecule has 8 heteroatoms. The highest BCUT2D eigenvalue weighted by Gasteiger charge is 2.14. The van der Waals surface area contributed by atoms with Crippen LogP contribution in [0, 0.1) is 0 Å². The van der Waals surface area contributed by atoms with Gasteiger partial charge >= 0.3 is 5.97 Å². The standard InChI is InChI=1S/C15H11N5O3/c21-14(19-11-5-2-1-4-10(11)15(22)23)12-6-3-7-13(18-12)20-8-16-17-9-20/h1-9H,(H,19,21)(H,22,23). The van der Waals surface area contributed by atoms with E-state index in [9.17, 15) is 9.59 Å². The molecule has 2 heterocycles. The summed E-state index contributed by atoms with van der Waals surface area (Å²) in [7, 11) is 0. The quantitative estimate of drug-likeness (QED) is 0.757. The van der Waals surface area contributed by atoms with Crippen molar-refractivity contribution in [1.82, 2.24) is 19.7 Å². The highest BCUT2D eigenvalue weighted by atomic mass is 16.4. The van der Waals surface area contributed by atoms with Gasteiger partial charge < -0.3 is 10.4 Å². The molecule has 3 rings (SSSR count). The van der Waals surface area contributed by atoms with Gasteiger partial charge in [0.15, 0.2) is 0 Å². The Morgan fingerprint density at radius 1 is 1.00 bits per heavy atom. The van der Waals surface area contributed by atoms with Gasteiger partial charge in [0.1, 0.15) is 24.2 Å². The summed E-state index contributed by atoms with van der Waals surface area (Å²) < 4.78 is 1.56. The van der Waals surface area contributed by atoms with Crippen molar-refractivity contribution in [1.29, 1.82) is 0 Å². The number of hydrogen-bond donors (Lipinski definition) is 2. The second-order valence-electron chi connectivity index (χ2n) is 4.56. The molecule has 2 N–H and O–H groups in total. The SMILES string of the molecule is O=C(Nc1ccccc1C(=O)O)c1cccc(-n2cnnc2)n1. The van der Waals surface area contributed by atoms with Gasteiger partial charge in [0.05, 0.1) is 11.3 Å². The largest absolute Gasteiger partial charge is 0.478 e. The molecule has 114 valence electrons. The topological polar surface area (TPSA) is 110 Å². The molecule has 0 saturated heterocycles. The molecule has 0 bridgehead atoms. The van der Waals surface area contributed by atoms with Gasteiger partial charge in [0, 0.05) is 0 Å². The minimum Gasteiger partial charge on any atom is -0.478 e. The van der Waals surface area contributed by atoms with Crippen LogP contribution in [0.5, 0.6) is 0 Å². The summed E-state index contributed by atoms with van der Waals surface area (Å²) in [6.07, 6.45) is 2.92. The summed E-state index contributed by atoms with van der Waals surface area (Å²) >= 11 is 0. The van der Waals surface area contributed by atoms with Gasteiger partial charge in [0.2, 0.25) is 0 Å². The lowest BCUT2D eigenvalue weighted by molar-refractivity contribution is 0.0698. The third kappa shape index (κ3) is 3.05. The van der Waals surface area contributed by atoms with Crippen LogP contribution in [0.15, 0.2) is 55.1 Å². The number of carboxylic acids is 1. The van der Waals surface area contributed by atoms with Crippen molar-refractivity contribution in [3.8, 4) is 5.82 Å². The fraction of sp³-hybridized carbons (Fsp3) is 0. The number of benzene rings is 1. The van der Waals surface area contributed by atoms with Crippen LogP contribution >= 0.6 is 0 Å². The molecular weight excluding hydrogens is 298 g/mol. The summed E-state index contributed by atoms with van der Waals surface area (Å²) in [6, 6.07) is 11.1. The Morgan fingerprint density at radius 2 is 1.74 bits per heavy atom. The average molecular weight is 309 g/mol. The number of aromatic nitrogens is 4. The molecular formula is C15H11N5O3. The Hall–Kier alpha value is -3.55. The first kappa shape index (κ1) is 14.4. The van der Waals surface area contributed by atoms with Crippen LogP contribution in [0.25, 0.3) is 5.82 Å². The first-order valence-corrected chi connectivity index (χ1v) is 6.61. The van der Waals surface area contributed by atoms with Gasteiger partial charge in [-0.05, 0) is 24.3 Å². The summed E-state index contributed by atoms with van der Waals surface area (Å²) in [5.41, 5.74) is 0.369. The van der Waals surface area contributed by atoms with Gasteiger partial charge in [-0.15, -0.1) is 10.2 Å². The van der Waals surface area contributed by atoms with Crippen molar-refractivity contribution in [3.05, 3.63) is 66.4 Å². The predicted molar refractivity (Wildman–Crippen MR) is 80.5 cm³/mol. The Labute approximate surface area is 130 Å². The second kappa shape index (κ2) is 6.06. The van der Waals surface area contributed by atoms with Crippen LogP contribution in [0.4, 0.5) is 5.69 Å². The number of anilines is 1. The van der Waals surface area contributed by atoms with Gasteiger partial charge in [-0.3, -0.25) is 9.36 Å². The number of carboxylic acid groups (broad SMARTS) is 1. The van der Waals surface area contributed by atoms with Crippen molar-refractivity contribution >= 4 is 17.6 Å². The maximum Gasteiger partial charge on any atom is 0.337 e. The molecule has 0 atom stereocenters. The lowest BCUT2D eigenvalue weighted by Crippen LogP contribution is -2.16. The number of carbonyl (C=O) groups excluding carboxylic acids is 1. The lowest BCUT2D eigenvalue weighted by atomic mass is 10.1. The molecule has 0 spiro atoms. The molecule has 2 aromatic heterocycles. The number of aromatic carboxylic acids is 1. The first-order valence-electron chi connectivity index (χ1n) is 6.61. The Bertz CT molecular complexity index is 861. The normalized spacial score (nSPS) is 10.3. The molecule has 0 saturated carbocycles. The van der Waals surface area contributed by atoms with Gasteiger partial charge in [-0.25, -0.2) is 9.78 Å². The van der Waals surface area contributed by atoms with Gasteiger partial charge in [0.25, 0.3) is 5.91 Å². The van der Waals surface area contributed by atoms with E-state index in [4.69, 9.17) is 5.11 Å². The average Bonchev–Trinajstić information content (AvgIpc) is 3.10. The molecule has 0 radical (unpaired) electrons. The Kier molecular flexibility index (Phi) is 3.79. The molecule has 8 nitrogen and oxygen atoms in total. The number of nitrogens with one attached hydrogen (secondary N) is 1. The molecule has 1 amide bonds. The van der Waals surface area contributed by atoms with Crippen LogP contribution in [0.2, 0.25) is 0 Å². The third-order valence-corrected chi connectivity index (χ3v) is 3.06.